The van der Waals surface area contributed by atoms with Gasteiger partial charge >= 0.3 is 5.97 Å². The first-order chi connectivity index (χ1) is 12.1. The quantitative estimate of drug-likeness (QED) is 0.723. The van der Waals surface area contributed by atoms with Gasteiger partial charge in [0, 0.05) is 5.69 Å². The zero-order valence-corrected chi connectivity index (χ0v) is 13.5. The summed E-state index contributed by atoms with van der Waals surface area (Å²) in [6.45, 7) is 1.54. The molecule has 126 valence electrons. The molecule has 0 saturated heterocycles. The van der Waals surface area contributed by atoms with Crippen molar-refractivity contribution in [2.24, 2.45) is 0 Å². The molecule has 0 bridgehead atoms. The molecule has 2 aromatic carbocycles. The second-order valence-corrected chi connectivity index (χ2v) is 5.33. The minimum Gasteiger partial charge on any atom is -0.452 e. The SMILES string of the molecule is Cc1ccccc1NC(=O)COC(=O)c1ccc(-n2cncn2)cc1. The Morgan fingerprint density at radius 2 is 1.88 bits per heavy atom. The van der Waals surface area contributed by atoms with Gasteiger partial charge in [-0.05, 0) is 42.8 Å². The van der Waals surface area contributed by atoms with Gasteiger partial charge in [0.25, 0.3) is 5.91 Å². The number of nitrogens with one attached hydrogen (secondary N) is 1. The molecule has 1 N–H and O–H groups in total. The van der Waals surface area contributed by atoms with E-state index in [0.717, 1.165) is 11.3 Å². The second-order valence-electron chi connectivity index (χ2n) is 5.33. The number of ether oxygens (including phenoxy) is 1. The lowest BCUT2D eigenvalue weighted by atomic mass is 10.2. The molecule has 0 saturated carbocycles. The molecule has 0 radical (unpaired) electrons. The van der Waals surface area contributed by atoms with Crippen LogP contribution in [0.4, 0.5) is 5.69 Å². The number of aromatic nitrogens is 3. The number of nitrogens with zero attached hydrogens (tertiary/aromatic N) is 3. The summed E-state index contributed by atoms with van der Waals surface area (Å²) in [5.74, 6) is -0.952. The van der Waals surface area contributed by atoms with Crippen molar-refractivity contribution in [3.63, 3.8) is 0 Å². The van der Waals surface area contributed by atoms with Crippen LogP contribution < -0.4 is 5.32 Å². The van der Waals surface area contributed by atoms with Gasteiger partial charge in [-0.15, -0.1) is 0 Å². The predicted octanol–water partition coefficient (Wildman–Crippen LogP) is 2.37. The highest BCUT2D eigenvalue weighted by Crippen LogP contribution is 2.13. The third-order valence-corrected chi connectivity index (χ3v) is 3.54. The molecule has 25 heavy (non-hydrogen) atoms. The van der Waals surface area contributed by atoms with Gasteiger partial charge in [-0.2, -0.15) is 5.10 Å². The maximum absolute atomic E-state index is 12.0. The maximum Gasteiger partial charge on any atom is 0.338 e. The Morgan fingerprint density at radius 1 is 1.12 bits per heavy atom. The first-order valence-corrected chi connectivity index (χ1v) is 7.61. The molecule has 1 amide bonds. The molecule has 0 spiro atoms. The number of amides is 1. The normalized spacial score (nSPS) is 10.3. The molecule has 3 rings (SSSR count). The lowest BCUT2D eigenvalue weighted by Crippen LogP contribution is -2.21. The molecule has 7 heteroatoms. The first kappa shape index (κ1) is 16.4. The molecule has 0 atom stereocenters. The Labute approximate surface area is 144 Å². The van der Waals surface area contributed by atoms with E-state index in [9.17, 15) is 9.59 Å². The minimum atomic E-state index is -0.565. The standard InChI is InChI=1S/C18H16N4O3/c1-13-4-2-3-5-16(13)21-17(23)10-25-18(24)14-6-8-15(9-7-14)22-12-19-11-20-22/h2-9,11-12H,10H2,1H3,(H,21,23). The Morgan fingerprint density at radius 3 is 2.56 bits per heavy atom. The number of esters is 1. The number of rotatable bonds is 5. The predicted molar refractivity (Wildman–Crippen MR) is 91.5 cm³/mol. The number of anilines is 1. The summed E-state index contributed by atoms with van der Waals surface area (Å²) in [5, 5.41) is 6.71. The van der Waals surface area contributed by atoms with Crippen molar-refractivity contribution in [2.45, 2.75) is 6.92 Å². The number of hydrogen-bond acceptors (Lipinski definition) is 5. The van der Waals surface area contributed by atoms with Gasteiger partial charge < -0.3 is 10.1 Å². The van der Waals surface area contributed by atoms with Gasteiger partial charge in [-0.1, -0.05) is 18.2 Å². The molecule has 1 heterocycles. The lowest BCUT2D eigenvalue weighted by molar-refractivity contribution is -0.119. The Balaban J connectivity index is 1.55. The Kier molecular flexibility index (Phi) is 4.84. The fourth-order valence-electron chi connectivity index (χ4n) is 2.21. The molecule has 0 unspecified atom stereocenters. The number of carbonyl (C=O) groups is 2. The van der Waals surface area contributed by atoms with E-state index in [0.29, 0.717) is 11.3 Å². The van der Waals surface area contributed by atoms with Crippen LogP contribution in [-0.2, 0) is 9.53 Å². The van der Waals surface area contributed by atoms with Crippen LogP contribution in [0.25, 0.3) is 5.69 Å². The second kappa shape index (κ2) is 7.39. The van der Waals surface area contributed by atoms with Crippen LogP contribution in [0.3, 0.4) is 0 Å². The highest BCUT2D eigenvalue weighted by molar-refractivity contribution is 5.95. The summed E-state index contributed by atoms with van der Waals surface area (Å²) in [7, 11) is 0. The van der Waals surface area contributed by atoms with Crippen molar-refractivity contribution in [1.29, 1.82) is 0 Å². The summed E-state index contributed by atoms with van der Waals surface area (Å²) in [6, 6.07) is 14.0. The highest BCUT2D eigenvalue weighted by atomic mass is 16.5. The zero-order chi connectivity index (χ0) is 17.6. The average molecular weight is 336 g/mol. The molecule has 7 nitrogen and oxygen atoms in total. The lowest BCUT2D eigenvalue weighted by Gasteiger charge is -2.09. The molecule has 3 aromatic rings. The van der Waals surface area contributed by atoms with E-state index in [1.54, 1.807) is 41.3 Å². The third kappa shape index (κ3) is 4.08. The number of carbonyl (C=O) groups excluding carboxylic acids is 2. The smallest absolute Gasteiger partial charge is 0.338 e. The van der Waals surface area contributed by atoms with Gasteiger partial charge in [0.2, 0.25) is 0 Å². The maximum atomic E-state index is 12.0. The number of para-hydroxylation sites is 1. The molecule has 0 aliphatic heterocycles. The number of hydrogen-bond donors (Lipinski definition) is 1. The fraction of sp³-hybridized carbons (Fsp3) is 0.111. The molecule has 1 aromatic heterocycles. The minimum absolute atomic E-state index is 0.349. The number of benzene rings is 2. The monoisotopic (exact) mass is 336 g/mol. The van der Waals surface area contributed by atoms with Crippen LogP contribution in [0.1, 0.15) is 15.9 Å². The van der Waals surface area contributed by atoms with E-state index in [4.69, 9.17) is 4.74 Å². The van der Waals surface area contributed by atoms with E-state index in [2.05, 4.69) is 15.4 Å². The van der Waals surface area contributed by atoms with E-state index >= 15 is 0 Å². The van der Waals surface area contributed by atoms with Crippen molar-refractivity contribution >= 4 is 17.6 Å². The van der Waals surface area contributed by atoms with Gasteiger partial charge in [-0.3, -0.25) is 4.79 Å². The van der Waals surface area contributed by atoms with Gasteiger partial charge in [-0.25, -0.2) is 14.5 Å². The third-order valence-electron chi connectivity index (χ3n) is 3.54. The highest BCUT2D eigenvalue weighted by Gasteiger charge is 2.11. The summed E-state index contributed by atoms with van der Waals surface area (Å²) in [6.07, 6.45) is 2.98. The largest absolute Gasteiger partial charge is 0.452 e. The molecule has 0 aliphatic rings. The van der Waals surface area contributed by atoms with Crippen molar-refractivity contribution < 1.29 is 14.3 Å². The molecular formula is C18H16N4O3. The molecule has 0 fully saturated rings. The van der Waals surface area contributed by atoms with E-state index in [-0.39, 0.29) is 12.5 Å². The number of aryl methyl sites for hydroxylation is 1. The van der Waals surface area contributed by atoms with E-state index < -0.39 is 5.97 Å². The van der Waals surface area contributed by atoms with Gasteiger partial charge in [0.15, 0.2) is 6.61 Å². The van der Waals surface area contributed by atoms with Gasteiger partial charge in [0.1, 0.15) is 12.7 Å². The molecule has 0 aliphatic carbocycles. The van der Waals surface area contributed by atoms with Crippen LogP contribution in [-0.4, -0.2) is 33.2 Å². The van der Waals surface area contributed by atoms with Crippen LogP contribution >= 0.6 is 0 Å². The summed E-state index contributed by atoms with van der Waals surface area (Å²) < 4.78 is 6.62. The Hall–Kier alpha value is -3.48. The summed E-state index contributed by atoms with van der Waals surface area (Å²) >= 11 is 0. The van der Waals surface area contributed by atoms with Crippen LogP contribution in [0.15, 0.2) is 61.2 Å². The molecular weight excluding hydrogens is 320 g/mol. The van der Waals surface area contributed by atoms with E-state index in [1.165, 1.54) is 6.33 Å². The Bertz CT molecular complexity index is 874. The topological polar surface area (TPSA) is 86.1 Å². The average Bonchev–Trinajstić information content (AvgIpc) is 3.16. The zero-order valence-electron chi connectivity index (χ0n) is 13.5. The summed E-state index contributed by atoms with van der Waals surface area (Å²) in [4.78, 5) is 27.8. The van der Waals surface area contributed by atoms with Crippen molar-refractivity contribution in [3.8, 4) is 5.69 Å². The van der Waals surface area contributed by atoms with Crippen molar-refractivity contribution in [3.05, 3.63) is 72.3 Å². The first-order valence-electron chi connectivity index (χ1n) is 7.61. The van der Waals surface area contributed by atoms with Gasteiger partial charge in [0.05, 0.1) is 11.3 Å². The van der Waals surface area contributed by atoms with Crippen molar-refractivity contribution in [2.75, 3.05) is 11.9 Å². The van der Waals surface area contributed by atoms with Crippen LogP contribution in [0.5, 0.6) is 0 Å². The van der Waals surface area contributed by atoms with Crippen LogP contribution in [0.2, 0.25) is 0 Å². The van der Waals surface area contributed by atoms with E-state index in [1.807, 2.05) is 25.1 Å². The summed E-state index contributed by atoms with van der Waals surface area (Å²) in [5.41, 5.74) is 2.76. The van der Waals surface area contributed by atoms with Crippen molar-refractivity contribution in [1.82, 2.24) is 14.8 Å². The fourth-order valence-corrected chi connectivity index (χ4v) is 2.21. The van der Waals surface area contributed by atoms with Crippen LogP contribution in [0, 0.1) is 6.92 Å².